The van der Waals surface area contributed by atoms with Gasteiger partial charge in [-0.25, -0.2) is 12.8 Å². The summed E-state index contributed by atoms with van der Waals surface area (Å²) in [5, 5.41) is 0. The van der Waals surface area contributed by atoms with Gasteiger partial charge in [0.1, 0.15) is 5.82 Å². The number of sulfonamides is 1. The van der Waals surface area contributed by atoms with Gasteiger partial charge >= 0.3 is 0 Å². The smallest absolute Gasteiger partial charge is 0.243 e. The van der Waals surface area contributed by atoms with Crippen LogP contribution in [0, 0.1) is 12.7 Å². The van der Waals surface area contributed by atoms with Gasteiger partial charge in [0.25, 0.3) is 0 Å². The Bertz CT molecular complexity index is 636. The molecule has 0 bridgehead atoms. The van der Waals surface area contributed by atoms with Crippen molar-refractivity contribution in [1.82, 2.24) is 4.31 Å². The van der Waals surface area contributed by atoms with E-state index in [9.17, 15) is 17.0 Å². The molecule has 1 aromatic rings. The SMILES string of the molecule is Cc1cc(S(=O)(=O)N2CCS(=O)CC2)cc(CN)c1F. The standard InChI is InChI=1S/C12H17FN2O3S2/c1-9-6-11(7-10(8-14)12(9)13)20(17,18)15-2-4-19(16)5-3-15/h6-7H,2-5,8,14H2,1H3. The second-order valence-corrected chi connectivity index (χ2v) is 8.30. The molecule has 1 saturated heterocycles. The average Bonchev–Trinajstić information content (AvgIpc) is 2.42. The molecule has 0 amide bonds. The molecule has 2 N–H and O–H groups in total. The van der Waals surface area contributed by atoms with Gasteiger partial charge in [-0.05, 0) is 24.6 Å². The van der Waals surface area contributed by atoms with Gasteiger partial charge in [-0.15, -0.1) is 0 Å². The first-order valence-corrected chi connectivity index (χ1v) is 9.13. The number of benzene rings is 1. The molecule has 0 saturated carbocycles. The fourth-order valence-electron chi connectivity index (χ4n) is 2.11. The second kappa shape index (κ2) is 5.88. The number of hydrogen-bond donors (Lipinski definition) is 1. The normalized spacial score (nSPS) is 18.4. The third kappa shape index (κ3) is 2.93. The predicted octanol–water partition coefficient (Wildman–Crippen LogP) is 0.346. The molecule has 20 heavy (non-hydrogen) atoms. The second-order valence-electron chi connectivity index (χ2n) is 4.67. The van der Waals surface area contributed by atoms with Crippen molar-refractivity contribution >= 4 is 20.8 Å². The Morgan fingerprint density at radius 1 is 1.35 bits per heavy atom. The van der Waals surface area contributed by atoms with Crippen LogP contribution in [0.4, 0.5) is 4.39 Å². The van der Waals surface area contributed by atoms with Crippen molar-refractivity contribution < 1.29 is 17.0 Å². The van der Waals surface area contributed by atoms with Crippen LogP contribution in [0.15, 0.2) is 17.0 Å². The van der Waals surface area contributed by atoms with Crippen molar-refractivity contribution in [3.63, 3.8) is 0 Å². The third-order valence-corrected chi connectivity index (χ3v) is 6.45. The van der Waals surface area contributed by atoms with E-state index in [4.69, 9.17) is 5.73 Å². The number of nitrogens with zero attached hydrogens (tertiary/aromatic N) is 1. The van der Waals surface area contributed by atoms with Crippen LogP contribution in [0.25, 0.3) is 0 Å². The van der Waals surface area contributed by atoms with Crippen molar-refractivity contribution in [2.45, 2.75) is 18.4 Å². The monoisotopic (exact) mass is 320 g/mol. The Morgan fingerprint density at radius 3 is 2.50 bits per heavy atom. The van der Waals surface area contributed by atoms with Gasteiger partial charge in [0.15, 0.2) is 0 Å². The van der Waals surface area contributed by atoms with Gasteiger partial charge < -0.3 is 5.73 Å². The molecule has 2 rings (SSSR count). The molecule has 112 valence electrons. The minimum Gasteiger partial charge on any atom is -0.326 e. The maximum absolute atomic E-state index is 13.7. The first-order chi connectivity index (χ1) is 9.36. The van der Waals surface area contributed by atoms with Crippen molar-refractivity contribution in [1.29, 1.82) is 0 Å². The quantitative estimate of drug-likeness (QED) is 0.871. The molecule has 0 spiro atoms. The van der Waals surface area contributed by atoms with E-state index in [0.29, 0.717) is 11.5 Å². The van der Waals surface area contributed by atoms with Crippen LogP contribution in [0.2, 0.25) is 0 Å². The van der Waals surface area contributed by atoms with Gasteiger partial charge in [-0.3, -0.25) is 4.21 Å². The average molecular weight is 320 g/mol. The first kappa shape index (κ1) is 15.6. The maximum atomic E-state index is 13.7. The van der Waals surface area contributed by atoms with Crippen LogP contribution in [0.3, 0.4) is 0 Å². The third-order valence-electron chi connectivity index (χ3n) is 3.30. The summed E-state index contributed by atoms with van der Waals surface area (Å²) in [5.41, 5.74) is 5.88. The van der Waals surface area contributed by atoms with E-state index < -0.39 is 26.6 Å². The van der Waals surface area contributed by atoms with Gasteiger partial charge in [0.05, 0.1) is 4.90 Å². The molecule has 1 aliphatic rings. The predicted molar refractivity (Wildman–Crippen MR) is 75.7 cm³/mol. The largest absolute Gasteiger partial charge is 0.326 e. The fraction of sp³-hybridized carbons (Fsp3) is 0.500. The summed E-state index contributed by atoms with van der Waals surface area (Å²) in [6.45, 7) is 1.91. The van der Waals surface area contributed by atoms with E-state index in [1.165, 1.54) is 23.4 Å². The molecule has 1 fully saturated rings. The molecule has 1 aromatic carbocycles. The number of rotatable bonds is 3. The van der Waals surface area contributed by atoms with Gasteiger partial charge in [0.2, 0.25) is 10.0 Å². The highest BCUT2D eigenvalue weighted by atomic mass is 32.2. The Hall–Kier alpha value is -0.830. The zero-order valence-corrected chi connectivity index (χ0v) is 12.8. The van der Waals surface area contributed by atoms with E-state index in [1.54, 1.807) is 0 Å². The Balaban J connectivity index is 2.39. The molecule has 0 unspecified atom stereocenters. The summed E-state index contributed by atoms with van der Waals surface area (Å²) < 4.78 is 51.3. The lowest BCUT2D eigenvalue weighted by molar-refractivity contribution is 0.438. The van der Waals surface area contributed by atoms with Crippen molar-refractivity contribution in [3.8, 4) is 0 Å². The summed E-state index contributed by atoms with van der Waals surface area (Å²) in [6.07, 6.45) is 0. The van der Waals surface area contributed by atoms with E-state index in [-0.39, 0.29) is 35.7 Å². The van der Waals surface area contributed by atoms with E-state index in [2.05, 4.69) is 0 Å². The highest BCUT2D eigenvalue weighted by Crippen LogP contribution is 2.23. The molecular weight excluding hydrogens is 303 g/mol. The number of halogens is 1. The lowest BCUT2D eigenvalue weighted by atomic mass is 10.1. The molecule has 0 aliphatic carbocycles. The zero-order valence-electron chi connectivity index (χ0n) is 11.1. The molecule has 1 aliphatic heterocycles. The maximum Gasteiger partial charge on any atom is 0.243 e. The summed E-state index contributed by atoms with van der Waals surface area (Å²) in [4.78, 5) is 0.0459. The van der Waals surface area contributed by atoms with Crippen molar-refractivity contribution in [2.24, 2.45) is 5.73 Å². The van der Waals surface area contributed by atoms with Gasteiger partial charge in [-0.1, -0.05) is 0 Å². The van der Waals surface area contributed by atoms with Crippen molar-refractivity contribution in [2.75, 3.05) is 24.6 Å². The summed E-state index contributed by atoms with van der Waals surface area (Å²) in [7, 11) is -4.63. The van der Waals surface area contributed by atoms with E-state index in [0.717, 1.165) is 0 Å². The highest BCUT2D eigenvalue weighted by Gasteiger charge is 2.29. The molecule has 5 nitrogen and oxygen atoms in total. The Labute approximate surface area is 120 Å². The molecule has 0 aromatic heterocycles. The summed E-state index contributed by atoms with van der Waals surface area (Å²) in [6, 6.07) is 2.60. The molecule has 8 heteroatoms. The minimum atomic E-state index is -3.68. The van der Waals surface area contributed by atoms with Crippen LogP contribution in [0.1, 0.15) is 11.1 Å². The zero-order chi connectivity index (χ0) is 14.9. The molecule has 0 atom stereocenters. The van der Waals surface area contributed by atoms with E-state index >= 15 is 0 Å². The highest BCUT2D eigenvalue weighted by molar-refractivity contribution is 7.89. The number of aryl methyl sites for hydroxylation is 1. The number of hydrogen-bond acceptors (Lipinski definition) is 4. The van der Waals surface area contributed by atoms with Crippen molar-refractivity contribution in [3.05, 3.63) is 29.1 Å². The lowest BCUT2D eigenvalue weighted by Gasteiger charge is -2.26. The first-order valence-electron chi connectivity index (χ1n) is 6.20. The lowest BCUT2D eigenvalue weighted by Crippen LogP contribution is -2.41. The molecule has 0 radical (unpaired) electrons. The van der Waals surface area contributed by atoms with Gasteiger partial charge in [0, 0.05) is 47.5 Å². The summed E-state index contributed by atoms with van der Waals surface area (Å²) >= 11 is 0. The number of nitrogens with two attached hydrogens (primary N) is 1. The van der Waals surface area contributed by atoms with Gasteiger partial charge in [-0.2, -0.15) is 4.31 Å². The molecule has 1 heterocycles. The Morgan fingerprint density at radius 2 is 1.95 bits per heavy atom. The fourth-order valence-corrected chi connectivity index (χ4v) is 4.98. The van der Waals surface area contributed by atoms with Crippen LogP contribution < -0.4 is 5.73 Å². The van der Waals surface area contributed by atoms with Crippen LogP contribution in [-0.4, -0.2) is 41.5 Å². The van der Waals surface area contributed by atoms with Crippen LogP contribution >= 0.6 is 0 Å². The van der Waals surface area contributed by atoms with Crippen LogP contribution in [0.5, 0.6) is 0 Å². The van der Waals surface area contributed by atoms with E-state index in [1.807, 2.05) is 0 Å². The molecular formula is C12H17FN2O3S2. The van der Waals surface area contributed by atoms with Crippen LogP contribution in [-0.2, 0) is 27.4 Å². The minimum absolute atomic E-state index is 0.0459. The topological polar surface area (TPSA) is 80.5 Å². The Kier molecular flexibility index (Phi) is 4.58. The summed E-state index contributed by atoms with van der Waals surface area (Å²) in [5.74, 6) is 0.206.